The molecular formula is C26H36O6. The molecule has 6 nitrogen and oxygen atoms in total. The van der Waals surface area contributed by atoms with Gasteiger partial charge in [-0.15, -0.1) is 0 Å². The van der Waals surface area contributed by atoms with Gasteiger partial charge in [-0.2, -0.15) is 0 Å². The highest BCUT2D eigenvalue weighted by atomic mass is 16.6. The van der Waals surface area contributed by atoms with Gasteiger partial charge in [-0.1, -0.05) is 46.3 Å². The van der Waals surface area contributed by atoms with Gasteiger partial charge in [0, 0.05) is 16.7 Å². The van der Waals surface area contributed by atoms with Gasteiger partial charge in [-0.25, -0.2) is 0 Å². The van der Waals surface area contributed by atoms with Crippen LogP contribution in [-0.4, -0.2) is 46.1 Å². The first-order chi connectivity index (χ1) is 14.9. The third-order valence-corrected chi connectivity index (χ3v) is 9.28. The third-order valence-electron chi connectivity index (χ3n) is 9.28. The van der Waals surface area contributed by atoms with E-state index < -0.39 is 46.8 Å². The molecule has 6 heteroatoms. The number of fused-ring (bicyclic) bond motifs is 5. The minimum absolute atomic E-state index is 0.00747. The van der Waals surface area contributed by atoms with Gasteiger partial charge >= 0.3 is 5.97 Å². The molecule has 0 amide bonds. The average Bonchev–Trinajstić information content (AvgIpc) is 3.01. The lowest BCUT2D eigenvalue weighted by molar-refractivity contribution is -0.203. The van der Waals surface area contributed by atoms with E-state index in [1.807, 2.05) is 13.0 Å². The normalized spacial score (nSPS) is 45.1. The SMILES string of the molecule is CC(C)C(=O)O[C@]1(C(=O)CO)CC[C@H]2[C@@H]3C[C@H](C)C4=CC(=O)C=C[C@]4(C)[C@H]3[C@@H](O)C[C@@]21C. The fourth-order valence-electron chi connectivity index (χ4n) is 7.84. The number of carbonyl (C=O) groups excluding carboxylic acids is 3. The first kappa shape index (κ1) is 23.4. The quantitative estimate of drug-likeness (QED) is 0.647. The summed E-state index contributed by atoms with van der Waals surface area (Å²) in [6, 6.07) is 0. The number of Topliss-reactive ketones (excluding diaryl/α,β-unsaturated/α-hetero) is 1. The molecule has 0 heterocycles. The van der Waals surface area contributed by atoms with Gasteiger partial charge in [0.05, 0.1) is 12.0 Å². The summed E-state index contributed by atoms with van der Waals surface area (Å²) in [5, 5.41) is 21.4. The van der Waals surface area contributed by atoms with Crippen molar-refractivity contribution in [1.29, 1.82) is 0 Å². The van der Waals surface area contributed by atoms with Gasteiger partial charge in [-0.05, 0) is 55.6 Å². The van der Waals surface area contributed by atoms with Crippen LogP contribution in [0.15, 0.2) is 23.8 Å². The number of esters is 1. The van der Waals surface area contributed by atoms with E-state index in [0.29, 0.717) is 19.3 Å². The Labute approximate surface area is 190 Å². The molecule has 4 aliphatic carbocycles. The van der Waals surface area contributed by atoms with Crippen LogP contribution in [0.5, 0.6) is 0 Å². The van der Waals surface area contributed by atoms with Gasteiger partial charge in [0.2, 0.25) is 5.78 Å². The maximum Gasteiger partial charge on any atom is 0.309 e. The summed E-state index contributed by atoms with van der Waals surface area (Å²) in [5.41, 5.74) is -1.52. The second-order valence-corrected chi connectivity index (χ2v) is 11.3. The number of aliphatic hydroxyl groups is 2. The Morgan fingerprint density at radius 2 is 1.97 bits per heavy atom. The van der Waals surface area contributed by atoms with E-state index in [1.165, 1.54) is 0 Å². The molecule has 0 radical (unpaired) electrons. The Kier molecular flexibility index (Phi) is 5.57. The van der Waals surface area contributed by atoms with Gasteiger partial charge in [0.1, 0.15) is 6.61 Å². The molecule has 0 unspecified atom stereocenters. The molecule has 0 aromatic rings. The standard InChI is InChI=1S/C26H36O6/c1-14(2)23(31)32-26(21(30)13-27)9-7-18-17-10-15(3)19-11-16(28)6-8-24(19,4)22(17)20(29)12-25(18,26)5/h6,8,11,14-15,17-18,20,22,27,29H,7,9-10,12-13H2,1-5H3/t15-,17-,18-,20-,22+,24-,25-,26-/m0/s1. The number of allylic oxidation sites excluding steroid dienone is 4. The maximum absolute atomic E-state index is 13.1. The molecule has 4 aliphatic rings. The van der Waals surface area contributed by atoms with Crippen LogP contribution in [0, 0.1) is 40.4 Å². The van der Waals surface area contributed by atoms with Crippen molar-refractivity contribution >= 4 is 17.5 Å². The minimum atomic E-state index is -1.42. The molecule has 0 bridgehead atoms. The fourth-order valence-corrected chi connectivity index (χ4v) is 7.84. The average molecular weight is 445 g/mol. The Balaban J connectivity index is 1.78. The minimum Gasteiger partial charge on any atom is -0.450 e. The first-order valence-corrected chi connectivity index (χ1v) is 11.9. The number of hydrogen-bond acceptors (Lipinski definition) is 6. The maximum atomic E-state index is 13.1. The largest absolute Gasteiger partial charge is 0.450 e. The van der Waals surface area contributed by atoms with Crippen molar-refractivity contribution in [2.24, 2.45) is 40.4 Å². The predicted molar refractivity (Wildman–Crippen MR) is 118 cm³/mol. The van der Waals surface area contributed by atoms with Crippen LogP contribution in [0.25, 0.3) is 0 Å². The van der Waals surface area contributed by atoms with E-state index in [0.717, 1.165) is 12.0 Å². The number of ether oxygens (including phenoxy) is 1. The van der Waals surface area contributed by atoms with Gasteiger partial charge in [-0.3, -0.25) is 14.4 Å². The van der Waals surface area contributed by atoms with Crippen molar-refractivity contribution in [3.8, 4) is 0 Å². The second-order valence-electron chi connectivity index (χ2n) is 11.3. The Bertz CT molecular complexity index is 902. The van der Waals surface area contributed by atoms with Gasteiger partial charge in [0.15, 0.2) is 11.4 Å². The lowest BCUT2D eigenvalue weighted by atomic mass is 9.44. The Hall–Kier alpha value is -1.79. The highest BCUT2D eigenvalue weighted by Crippen LogP contribution is 2.68. The molecule has 4 rings (SSSR count). The summed E-state index contributed by atoms with van der Waals surface area (Å²) in [6.45, 7) is 8.97. The van der Waals surface area contributed by atoms with E-state index in [9.17, 15) is 24.6 Å². The smallest absolute Gasteiger partial charge is 0.309 e. The van der Waals surface area contributed by atoms with E-state index in [2.05, 4.69) is 13.8 Å². The lowest BCUT2D eigenvalue weighted by Gasteiger charge is -2.61. The number of ketones is 2. The number of hydrogen-bond donors (Lipinski definition) is 2. The van der Waals surface area contributed by atoms with E-state index >= 15 is 0 Å². The van der Waals surface area contributed by atoms with Crippen LogP contribution in [-0.2, 0) is 19.1 Å². The monoisotopic (exact) mass is 444 g/mol. The van der Waals surface area contributed by atoms with Crippen LogP contribution in [0.4, 0.5) is 0 Å². The van der Waals surface area contributed by atoms with Crippen LogP contribution in [0.1, 0.15) is 60.3 Å². The van der Waals surface area contributed by atoms with Crippen LogP contribution >= 0.6 is 0 Å². The zero-order chi connectivity index (χ0) is 23.6. The predicted octanol–water partition coefficient (Wildman–Crippen LogP) is 3.01. The molecule has 2 N–H and O–H groups in total. The van der Waals surface area contributed by atoms with Crippen LogP contribution in [0.2, 0.25) is 0 Å². The van der Waals surface area contributed by atoms with Crippen molar-refractivity contribution in [3.63, 3.8) is 0 Å². The van der Waals surface area contributed by atoms with Crippen molar-refractivity contribution < 1.29 is 29.3 Å². The second kappa shape index (κ2) is 7.63. The third kappa shape index (κ3) is 3.02. The summed E-state index contributed by atoms with van der Waals surface area (Å²) in [4.78, 5) is 37.9. The molecule has 8 atom stereocenters. The number of rotatable bonds is 4. The highest BCUT2D eigenvalue weighted by molar-refractivity contribution is 6.01. The summed E-state index contributed by atoms with van der Waals surface area (Å²) in [5.74, 6) is -1.04. The summed E-state index contributed by atoms with van der Waals surface area (Å²) in [6.07, 6.45) is 6.78. The van der Waals surface area contributed by atoms with Crippen molar-refractivity contribution in [2.45, 2.75) is 72.0 Å². The van der Waals surface area contributed by atoms with Crippen LogP contribution < -0.4 is 0 Å². The topological polar surface area (TPSA) is 101 Å². The highest BCUT2D eigenvalue weighted by Gasteiger charge is 2.70. The molecule has 0 aromatic heterocycles. The lowest BCUT2D eigenvalue weighted by Crippen LogP contribution is -2.63. The summed E-state index contributed by atoms with van der Waals surface area (Å²) in [7, 11) is 0. The van der Waals surface area contributed by atoms with Gasteiger partial charge in [0.25, 0.3) is 0 Å². The molecule has 0 spiro atoms. The molecule has 176 valence electrons. The first-order valence-electron chi connectivity index (χ1n) is 11.9. The molecule has 32 heavy (non-hydrogen) atoms. The van der Waals surface area contributed by atoms with Gasteiger partial charge < -0.3 is 14.9 Å². The molecule has 0 saturated heterocycles. The van der Waals surface area contributed by atoms with E-state index in [-0.39, 0.29) is 29.5 Å². The zero-order valence-corrected chi connectivity index (χ0v) is 19.8. The summed E-state index contributed by atoms with van der Waals surface area (Å²) < 4.78 is 5.96. The molecular weight excluding hydrogens is 408 g/mol. The van der Waals surface area contributed by atoms with Crippen molar-refractivity contribution in [3.05, 3.63) is 23.8 Å². The molecule has 0 aliphatic heterocycles. The van der Waals surface area contributed by atoms with E-state index in [4.69, 9.17) is 4.74 Å². The zero-order valence-electron chi connectivity index (χ0n) is 19.8. The summed E-state index contributed by atoms with van der Waals surface area (Å²) >= 11 is 0. The Morgan fingerprint density at radius 3 is 2.59 bits per heavy atom. The molecule has 3 saturated carbocycles. The van der Waals surface area contributed by atoms with Crippen molar-refractivity contribution in [1.82, 2.24) is 0 Å². The Morgan fingerprint density at radius 1 is 1.28 bits per heavy atom. The fraction of sp³-hybridized carbons (Fsp3) is 0.731. The number of carbonyl (C=O) groups is 3. The molecule has 0 aromatic carbocycles. The molecule has 3 fully saturated rings. The number of aliphatic hydroxyl groups excluding tert-OH is 2. The van der Waals surface area contributed by atoms with E-state index in [1.54, 1.807) is 26.0 Å². The van der Waals surface area contributed by atoms with Crippen molar-refractivity contribution in [2.75, 3.05) is 6.61 Å². The van der Waals surface area contributed by atoms with Crippen LogP contribution in [0.3, 0.4) is 0 Å².